The highest BCUT2D eigenvalue weighted by Gasteiger charge is 2.25. The number of rotatable bonds is 6. The third-order valence-corrected chi connectivity index (χ3v) is 5.76. The number of benzene rings is 1. The molecule has 1 aromatic rings. The summed E-state index contributed by atoms with van der Waals surface area (Å²) in [6.07, 6.45) is 1.35. The Morgan fingerprint density at radius 1 is 1.32 bits per heavy atom. The van der Waals surface area contributed by atoms with Gasteiger partial charge in [-0.15, -0.1) is 12.4 Å². The van der Waals surface area contributed by atoms with Crippen molar-refractivity contribution in [1.82, 2.24) is 10.2 Å². The smallest absolute Gasteiger partial charge is 0.223 e. The molecule has 140 valence electrons. The monoisotopic (exact) mass is 388 g/mol. The van der Waals surface area contributed by atoms with Crippen LogP contribution in [0.25, 0.3) is 0 Å². The summed E-state index contributed by atoms with van der Waals surface area (Å²) in [4.78, 5) is 14.9. The lowest BCUT2D eigenvalue weighted by molar-refractivity contribution is -0.129. The van der Waals surface area contributed by atoms with Gasteiger partial charge in [-0.3, -0.25) is 9.00 Å². The molecule has 25 heavy (non-hydrogen) atoms. The van der Waals surface area contributed by atoms with Crippen LogP contribution in [0, 0.1) is 5.92 Å². The third-order valence-electron chi connectivity index (χ3n) is 4.41. The Morgan fingerprint density at radius 2 is 2.08 bits per heavy atom. The Hall–Kier alpha value is -1.31. The van der Waals surface area contributed by atoms with Crippen molar-refractivity contribution in [2.24, 2.45) is 5.92 Å². The van der Waals surface area contributed by atoms with Gasteiger partial charge in [0, 0.05) is 36.2 Å². The highest BCUT2D eigenvalue weighted by Crippen LogP contribution is 2.31. The molecule has 1 fully saturated rings. The van der Waals surface area contributed by atoms with E-state index in [1.165, 1.54) is 0 Å². The zero-order valence-electron chi connectivity index (χ0n) is 14.4. The van der Waals surface area contributed by atoms with Crippen molar-refractivity contribution in [3.63, 3.8) is 0 Å². The molecule has 2 heterocycles. The molecule has 2 atom stereocenters. The van der Waals surface area contributed by atoms with Gasteiger partial charge in [0.25, 0.3) is 0 Å². The van der Waals surface area contributed by atoms with E-state index >= 15 is 0 Å². The average molecular weight is 389 g/mol. The molecule has 1 saturated heterocycles. The molecule has 0 spiro atoms. The molecule has 8 heteroatoms. The number of fused-ring (bicyclic) bond motifs is 1. The van der Waals surface area contributed by atoms with E-state index in [4.69, 9.17) is 9.47 Å². The largest absolute Gasteiger partial charge is 0.486 e. The molecule has 0 aromatic heterocycles. The molecular weight excluding hydrogens is 364 g/mol. The van der Waals surface area contributed by atoms with Crippen molar-refractivity contribution >= 4 is 29.1 Å². The number of amides is 1. The molecule has 0 bridgehead atoms. The van der Waals surface area contributed by atoms with Gasteiger partial charge in [0.2, 0.25) is 5.91 Å². The van der Waals surface area contributed by atoms with E-state index in [2.05, 4.69) is 5.32 Å². The minimum Gasteiger partial charge on any atom is -0.486 e. The zero-order chi connectivity index (χ0) is 16.9. The fraction of sp³-hybridized carbons (Fsp3) is 0.588. The number of hydrogen-bond acceptors (Lipinski definition) is 5. The summed E-state index contributed by atoms with van der Waals surface area (Å²) >= 11 is 0. The molecule has 2 aliphatic rings. The summed E-state index contributed by atoms with van der Waals surface area (Å²) in [5, 5.41) is 3.16. The van der Waals surface area contributed by atoms with Crippen LogP contribution in [0.2, 0.25) is 0 Å². The van der Waals surface area contributed by atoms with Gasteiger partial charge in [-0.1, -0.05) is 0 Å². The first-order chi connectivity index (χ1) is 11.7. The highest BCUT2D eigenvalue weighted by molar-refractivity contribution is 7.85. The van der Waals surface area contributed by atoms with Gasteiger partial charge in [0.1, 0.15) is 13.2 Å². The number of carbonyl (C=O) groups is 1. The van der Waals surface area contributed by atoms with Crippen LogP contribution in [0.3, 0.4) is 0 Å². The van der Waals surface area contributed by atoms with E-state index in [1.54, 1.807) is 18.2 Å². The van der Waals surface area contributed by atoms with Gasteiger partial charge in [0.15, 0.2) is 11.5 Å². The van der Waals surface area contributed by atoms with Crippen molar-refractivity contribution in [2.75, 3.05) is 45.6 Å². The third kappa shape index (κ3) is 5.09. The van der Waals surface area contributed by atoms with Gasteiger partial charge in [-0.05, 0) is 38.1 Å². The summed E-state index contributed by atoms with van der Waals surface area (Å²) < 4.78 is 23.4. The van der Waals surface area contributed by atoms with Crippen molar-refractivity contribution < 1.29 is 18.5 Å². The minimum absolute atomic E-state index is 0. The van der Waals surface area contributed by atoms with Crippen LogP contribution >= 0.6 is 12.4 Å². The first-order valence-electron chi connectivity index (χ1n) is 8.38. The van der Waals surface area contributed by atoms with Crippen molar-refractivity contribution in [3.8, 4) is 11.5 Å². The number of ether oxygens (including phenoxy) is 2. The molecule has 0 saturated carbocycles. The lowest BCUT2D eigenvalue weighted by Crippen LogP contribution is -2.31. The maximum absolute atomic E-state index is 12.5. The van der Waals surface area contributed by atoms with Crippen molar-refractivity contribution in [1.29, 1.82) is 0 Å². The molecule has 1 amide bonds. The molecule has 2 unspecified atom stereocenters. The van der Waals surface area contributed by atoms with Crippen LogP contribution in [0.1, 0.15) is 12.8 Å². The quantitative estimate of drug-likeness (QED) is 0.798. The van der Waals surface area contributed by atoms with Crippen molar-refractivity contribution in [2.45, 2.75) is 17.7 Å². The van der Waals surface area contributed by atoms with Crippen molar-refractivity contribution in [3.05, 3.63) is 18.2 Å². The summed E-state index contributed by atoms with van der Waals surface area (Å²) in [5.74, 6) is 2.28. The standard InChI is InChI=1S/C17H24N2O4S.ClH/c1-18-11-13-4-6-19(12-13)17(20)5-9-24(21)14-2-3-15-16(10-14)23-8-7-22-15;/h2-3,10,13,18H,4-9,11-12H2,1H3;1H. The summed E-state index contributed by atoms with van der Waals surface area (Å²) in [6, 6.07) is 5.33. The Balaban J connectivity index is 0.00000225. The second-order valence-electron chi connectivity index (χ2n) is 6.16. The first-order valence-corrected chi connectivity index (χ1v) is 9.69. The summed E-state index contributed by atoms with van der Waals surface area (Å²) in [7, 11) is 0.722. The fourth-order valence-electron chi connectivity index (χ4n) is 3.14. The first kappa shape index (κ1) is 20.0. The zero-order valence-corrected chi connectivity index (χ0v) is 16.0. The lowest BCUT2D eigenvalue weighted by Gasteiger charge is -2.19. The second kappa shape index (κ2) is 9.40. The van der Waals surface area contributed by atoms with E-state index in [0.717, 1.165) is 26.1 Å². The van der Waals surface area contributed by atoms with Gasteiger partial charge < -0.3 is 19.7 Å². The highest BCUT2D eigenvalue weighted by atomic mass is 35.5. The van der Waals surface area contributed by atoms with E-state index in [9.17, 15) is 9.00 Å². The molecule has 6 nitrogen and oxygen atoms in total. The predicted molar refractivity (Wildman–Crippen MR) is 99.2 cm³/mol. The normalized spacial score (nSPS) is 20.0. The van der Waals surface area contributed by atoms with E-state index in [0.29, 0.717) is 47.7 Å². The maximum atomic E-state index is 12.5. The number of nitrogens with one attached hydrogen (secondary N) is 1. The molecule has 2 aliphatic heterocycles. The van der Waals surface area contributed by atoms with E-state index in [1.807, 2.05) is 11.9 Å². The number of likely N-dealkylation sites (tertiary alicyclic amines) is 1. The van der Waals surface area contributed by atoms with Gasteiger partial charge >= 0.3 is 0 Å². The summed E-state index contributed by atoms with van der Waals surface area (Å²) in [6.45, 7) is 3.59. The number of hydrogen-bond donors (Lipinski definition) is 1. The van der Waals surface area contributed by atoms with Crippen LogP contribution in [0.4, 0.5) is 0 Å². The van der Waals surface area contributed by atoms with Crippen LogP contribution in [-0.2, 0) is 15.6 Å². The predicted octanol–water partition coefficient (Wildman–Crippen LogP) is 1.45. The Labute approximate surface area is 157 Å². The van der Waals surface area contributed by atoms with Gasteiger partial charge in [0.05, 0.1) is 10.8 Å². The molecule has 0 aliphatic carbocycles. The van der Waals surface area contributed by atoms with Crippen LogP contribution in [0.5, 0.6) is 11.5 Å². The van der Waals surface area contributed by atoms with Crippen LogP contribution in [-0.4, -0.2) is 60.7 Å². The number of nitrogens with zero attached hydrogens (tertiary/aromatic N) is 1. The molecular formula is C17H25ClN2O4S. The number of halogens is 1. The fourth-order valence-corrected chi connectivity index (χ4v) is 4.19. The minimum atomic E-state index is -1.21. The molecule has 1 N–H and O–H groups in total. The average Bonchev–Trinajstić information content (AvgIpc) is 3.08. The van der Waals surface area contributed by atoms with E-state index < -0.39 is 10.8 Å². The van der Waals surface area contributed by atoms with Gasteiger partial charge in [-0.25, -0.2) is 0 Å². The SMILES string of the molecule is CNCC1CCN(C(=O)CCS(=O)c2ccc3c(c2)OCCO3)C1.Cl. The maximum Gasteiger partial charge on any atom is 0.223 e. The molecule has 1 aromatic carbocycles. The van der Waals surface area contributed by atoms with Gasteiger partial charge in [-0.2, -0.15) is 0 Å². The Kier molecular flexibility index (Phi) is 7.53. The Morgan fingerprint density at radius 3 is 2.84 bits per heavy atom. The topological polar surface area (TPSA) is 67.9 Å². The molecule has 0 radical (unpaired) electrons. The van der Waals surface area contributed by atoms with E-state index in [-0.39, 0.29) is 18.3 Å². The lowest BCUT2D eigenvalue weighted by atomic mass is 10.1. The van der Waals surface area contributed by atoms with Crippen LogP contribution < -0.4 is 14.8 Å². The Bertz CT molecular complexity index is 629. The molecule has 3 rings (SSSR count). The summed E-state index contributed by atoms with van der Waals surface area (Å²) in [5.41, 5.74) is 0. The van der Waals surface area contributed by atoms with Crippen LogP contribution in [0.15, 0.2) is 23.1 Å². The second-order valence-corrected chi connectivity index (χ2v) is 7.73. The number of carbonyl (C=O) groups excluding carboxylic acids is 1.